The molecule has 1 aliphatic heterocycles. The Bertz CT molecular complexity index is 687. The molecule has 0 aliphatic carbocycles. The van der Waals surface area contributed by atoms with Crippen molar-refractivity contribution in [3.8, 4) is 0 Å². The van der Waals surface area contributed by atoms with Gasteiger partial charge >= 0.3 is 0 Å². The predicted molar refractivity (Wildman–Crippen MR) is 94.5 cm³/mol. The van der Waals surface area contributed by atoms with Crippen molar-refractivity contribution in [1.29, 1.82) is 0 Å². The molecule has 0 unspecified atom stereocenters. The van der Waals surface area contributed by atoms with Crippen molar-refractivity contribution in [3.63, 3.8) is 0 Å². The van der Waals surface area contributed by atoms with Crippen molar-refractivity contribution in [2.24, 2.45) is 13.0 Å². The van der Waals surface area contributed by atoms with E-state index in [2.05, 4.69) is 47.1 Å². The molecule has 5 heteroatoms. The van der Waals surface area contributed by atoms with Crippen molar-refractivity contribution >= 4 is 0 Å². The molecule has 0 amide bonds. The van der Waals surface area contributed by atoms with Crippen LogP contribution in [0.1, 0.15) is 41.2 Å². The maximum atomic E-state index is 9.22. The number of aliphatic hydroxyl groups excluding tert-OH is 1. The van der Waals surface area contributed by atoms with Gasteiger partial charge < -0.3 is 9.67 Å². The Morgan fingerprint density at radius 2 is 1.79 bits per heavy atom. The molecule has 2 aromatic rings. The highest BCUT2D eigenvalue weighted by atomic mass is 16.3. The summed E-state index contributed by atoms with van der Waals surface area (Å²) >= 11 is 0. The third-order valence-electron chi connectivity index (χ3n) is 5.35. The molecule has 0 saturated carbocycles. The summed E-state index contributed by atoms with van der Waals surface area (Å²) in [7, 11) is 1.94. The molecule has 1 aromatic carbocycles. The van der Waals surface area contributed by atoms with E-state index in [1.165, 1.54) is 29.5 Å². The normalized spacial score (nSPS) is 16.7. The smallest absolute Gasteiger partial charge is 0.158 e. The number of aryl methyl sites for hydroxylation is 2. The first-order valence-electron chi connectivity index (χ1n) is 8.83. The number of nitrogens with zero attached hydrogens (tertiary/aromatic N) is 4. The summed E-state index contributed by atoms with van der Waals surface area (Å²) < 4.78 is 1.93. The van der Waals surface area contributed by atoms with Crippen molar-refractivity contribution < 1.29 is 5.11 Å². The Hall–Kier alpha value is -1.72. The molecule has 3 rings (SSSR count). The lowest BCUT2D eigenvalue weighted by Crippen LogP contribution is -2.34. The molecular formula is C19H28N4O. The molecule has 130 valence electrons. The summed E-state index contributed by atoms with van der Waals surface area (Å²) in [5, 5.41) is 17.5. The third kappa shape index (κ3) is 3.84. The summed E-state index contributed by atoms with van der Waals surface area (Å²) in [4.78, 5) is 2.55. The Morgan fingerprint density at radius 3 is 2.42 bits per heavy atom. The van der Waals surface area contributed by atoms with Crippen LogP contribution in [0.25, 0.3) is 0 Å². The first-order valence-corrected chi connectivity index (χ1v) is 8.83. The largest absolute Gasteiger partial charge is 0.388 e. The zero-order chi connectivity index (χ0) is 17.1. The first-order chi connectivity index (χ1) is 11.6. The van der Waals surface area contributed by atoms with Crippen LogP contribution in [-0.2, 0) is 26.6 Å². The minimum atomic E-state index is -0.0437. The minimum Gasteiger partial charge on any atom is -0.388 e. The van der Waals surface area contributed by atoms with Gasteiger partial charge in [0.2, 0.25) is 0 Å². The average molecular weight is 328 g/mol. The van der Waals surface area contributed by atoms with Gasteiger partial charge in [-0.1, -0.05) is 18.2 Å². The minimum absolute atomic E-state index is 0.0437. The molecule has 0 atom stereocenters. The highest BCUT2D eigenvalue weighted by molar-refractivity contribution is 5.29. The van der Waals surface area contributed by atoms with Crippen molar-refractivity contribution in [1.82, 2.24) is 19.7 Å². The number of likely N-dealkylation sites (tertiary alicyclic amines) is 1. The summed E-state index contributed by atoms with van der Waals surface area (Å²) in [6.45, 7) is 7.64. The van der Waals surface area contributed by atoms with E-state index in [0.717, 1.165) is 31.9 Å². The summed E-state index contributed by atoms with van der Waals surface area (Å²) in [6.07, 6.45) is 3.36. The van der Waals surface area contributed by atoms with Gasteiger partial charge in [-0.3, -0.25) is 4.90 Å². The van der Waals surface area contributed by atoms with E-state index in [9.17, 15) is 5.11 Å². The SMILES string of the molecule is Cc1ccc(CN2CCC(Cc3nnc(CO)n3C)CC2)cc1C. The fourth-order valence-corrected chi connectivity index (χ4v) is 3.48. The standard InChI is InChI=1S/C19H28N4O/c1-14-4-5-17(10-15(14)2)12-23-8-6-16(7-9-23)11-18-20-21-19(13-24)22(18)3/h4-5,10,16,24H,6-9,11-13H2,1-3H3. The monoisotopic (exact) mass is 328 g/mol. The van der Waals surface area contributed by atoms with Gasteiger partial charge in [-0.2, -0.15) is 0 Å². The molecular weight excluding hydrogens is 300 g/mol. The van der Waals surface area contributed by atoms with Crippen LogP contribution >= 0.6 is 0 Å². The van der Waals surface area contributed by atoms with Crippen molar-refractivity contribution in [2.75, 3.05) is 13.1 Å². The zero-order valence-corrected chi connectivity index (χ0v) is 15.0. The second-order valence-electron chi connectivity index (χ2n) is 7.09. The molecule has 1 fully saturated rings. The maximum Gasteiger partial charge on any atom is 0.158 e. The lowest BCUT2D eigenvalue weighted by molar-refractivity contribution is 0.175. The van der Waals surface area contributed by atoms with E-state index < -0.39 is 0 Å². The Balaban J connectivity index is 1.52. The van der Waals surface area contributed by atoms with Gasteiger partial charge in [-0.15, -0.1) is 10.2 Å². The fraction of sp³-hybridized carbons (Fsp3) is 0.579. The highest BCUT2D eigenvalue weighted by Gasteiger charge is 2.21. The molecule has 0 bridgehead atoms. The summed E-state index contributed by atoms with van der Waals surface area (Å²) in [5.41, 5.74) is 4.16. The summed E-state index contributed by atoms with van der Waals surface area (Å²) in [6, 6.07) is 6.80. The van der Waals surface area contributed by atoms with Gasteiger partial charge in [0.1, 0.15) is 12.4 Å². The number of hydrogen-bond donors (Lipinski definition) is 1. The van der Waals surface area contributed by atoms with E-state index >= 15 is 0 Å². The molecule has 1 saturated heterocycles. The van der Waals surface area contributed by atoms with Crippen LogP contribution in [-0.4, -0.2) is 37.9 Å². The van der Waals surface area contributed by atoms with Crippen LogP contribution in [0.5, 0.6) is 0 Å². The maximum absolute atomic E-state index is 9.22. The lowest BCUT2D eigenvalue weighted by atomic mass is 9.93. The van der Waals surface area contributed by atoms with Crippen LogP contribution in [0.2, 0.25) is 0 Å². The predicted octanol–water partition coefficient (Wildman–Crippen LogP) is 2.38. The molecule has 1 aromatic heterocycles. The van der Waals surface area contributed by atoms with Gasteiger partial charge in [-0.25, -0.2) is 0 Å². The molecule has 24 heavy (non-hydrogen) atoms. The number of aromatic nitrogens is 3. The third-order valence-corrected chi connectivity index (χ3v) is 5.35. The number of hydrogen-bond acceptors (Lipinski definition) is 4. The Kier molecular flexibility index (Phi) is 5.31. The number of piperidine rings is 1. The number of benzene rings is 1. The molecule has 1 aliphatic rings. The molecule has 0 spiro atoms. The van der Waals surface area contributed by atoms with Crippen molar-refractivity contribution in [3.05, 3.63) is 46.5 Å². The van der Waals surface area contributed by atoms with E-state index in [4.69, 9.17) is 0 Å². The van der Waals surface area contributed by atoms with Crippen LogP contribution in [0.15, 0.2) is 18.2 Å². The first kappa shape index (κ1) is 17.1. The average Bonchev–Trinajstić information content (AvgIpc) is 2.93. The fourth-order valence-electron chi connectivity index (χ4n) is 3.48. The topological polar surface area (TPSA) is 54.2 Å². The van der Waals surface area contributed by atoms with Crippen LogP contribution in [0.4, 0.5) is 0 Å². The number of aliphatic hydroxyl groups is 1. The number of rotatable bonds is 5. The molecule has 2 heterocycles. The van der Waals surface area contributed by atoms with Gasteiger partial charge in [0.25, 0.3) is 0 Å². The van der Waals surface area contributed by atoms with E-state index in [-0.39, 0.29) is 6.61 Å². The second kappa shape index (κ2) is 7.45. The lowest BCUT2D eigenvalue weighted by Gasteiger charge is -2.32. The molecule has 5 nitrogen and oxygen atoms in total. The quantitative estimate of drug-likeness (QED) is 0.915. The summed E-state index contributed by atoms with van der Waals surface area (Å²) in [5.74, 6) is 2.30. The van der Waals surface area contributed by atoms with Gasteiger partial charge in [0, 0.05) is 20.0 Å². The van der Waals surface area contributed by atoms with Crippen LogP contribution < -0.4 is 0 Å². The zero-order valence-electron chi connectivity index (χ0n) is 15.0. The van der Waals surface area contributed by atoms with E-state index in [1.54, 1.807) is 0 Å². The second-order valence-corrected chi connectivity index (χ2v) is 7.09. The van der Waals surface area contributed by atoms with E-state index in [1.807, 2.05) is 11.6 Å². The van der Waals surface area contributed by atoms with Gasteiger partial charge in [0.05, 0.1) is 0 Å². The molecule has 0 radical (unpaired) electrons. The van der Waals surface area contributed by atoms with Crippen LogP contribution in [0, 0.1) is 19.8 Å². The van der Waals surface area contributed by atoms with Gasteiger partial charge in [0.15, 0.2) is 5.82 Å². The van der Waals surface area contributed by atoms with Crippen molar-refractivity contribution in [2.45, 2.75) is 46.3 Å². The van der Waals surface area contributed by atoms with Crippen LogP contribution in [0.3, 0.4) is 0 Å². The highest BCUT2D eigenvalue weighted by Crippen LogP contribution is 2.23. The van der Waals surface area contributed by atoms with E-state index in [0.29, 0.717) is 11.7 Å². The molecule has 1 N–H and O–H groups in total. The Morgan fingerprint density at radius 1 is 1.08 bits per heavy atom. The van der Waals surface area contributed by atoms with Gasteiger partial charge in [-0.05, 0) is 62.4 Å². The Labute approximate surface area is 144 Å².